The van der Waals surface area contributed by atoms with E-state index >= 15 is 0 Å². The van der Waals surface area contributed by atoms with Crippen molar-refractivity contribution in [3.05, 3.63) is 53.0 Å². The van der Waals surface area contributed by atoms with Crippen LogP contribution in [0.25, 0.3) is 0 Å². The Labute approximate surface area is 113 Å². The van der Waals surface area contributed by atoms with Gasteiger partial charge in [-0.25, -0.2) is 0 Å². The van der Waals surface area contributed by atoms with Gasteiger partial charge in [-0.05, 0) is 49.4 Å². The molecule has 0 unspecified atom stereocenters. The number of rotatable bonds is 5. The minimum Gasteiger partial charge on any atom is -0.463 e. The van der Waals surface area contributed by atoms with Gasteiger partial charge in [0.2, 0.25) is 0 Å². The molecule has 1 aromatic carbocycles. The first-order valence-corrected chi connectivity index (χ1v) is 7.46. The molecule has 0 aliphatic heterocycles. The Morgan fingerprint density at radius 3 is 2.67 bits per heavy atom. The summed E-state index contributed by atoms with van der Waals surface area (Å²) in [4.78, 5) is 0. The minimum atomic E-state index is 0.735. The summed E-state index contributed by atoms with van der Waals surface area (Å²) in [6.45, 7) is 5.00. The highest BCUT2D eigenvalue weighted by Crippen LogP contribution is 2.20. The van der Waals surface area contributed by atoms with Crippen molar-refractivity contribution in [3.8, 4) is 0 Å². The van der Waals surface area contributed by atoms with Gasteiger partial charge in [0, 0.05) is 5.69 Å². The van der Waals surface area contributed by atoms with E-state index in [0.717, 1.165) is 23.8 Å². The number of aryl methyl sites for hydroxylation is 1. The lowest BCUT2D eigenvalue weighted by atomic mass is 10.1. The Morgan fingerprint density at radius 2 is 1.89 bits per heavy atom. The van der Waals surface area contributed by atoms with Crippen LogP contribution in [0.5, 0.6) is 0 Å². The normalized spacial score (nSPS) is 10.6. The van der Waals surface area contributed by atoms with Gasteiger partial charge in [-0.1, -0.05) is 12.1 Å². The second-order valence-electron chi connectivity index (χ2n) is 4.40. The first-order chi connectivity index (χ1) is 8.70. The number of anilines is 1. The van der Waals surface area contributed by atoms with Gasteiger partial charge in [0.15, 0.2) is 0 Å². The van der Waals surface area contributed by atoms with Crippen molar-refractivity contribution in [2.75, 3.05) is 11.6 Å². The molecule has 0 aliphatic rings. The van der Waals surface area contributed by atoms with E-state index in [4.69, 9.17) is 4.42 Å². The summed E-state index contributed by atoms with van der Waals surface area (Å²) < 4.78 is 5.73. The maximum Gasteiger partial charge on any atom is 0.123 e. The fourth-order valence-electron chi connectivity index (χ4n) is 1.86. The fraction of sp³-hybridized carbons (Fsp3) is 0.333. The van der Waals surface area contributed by atoms with E-state index in [-0.39, 0.29) is 0 Å². The monoisotopic (exact) mass is 261 g/mol. The molecule has 0 saturated heterocycles. The summed E-state index contributed by atoms with van der Waals surface area (Å²) >= 11 is 1.77. The SMILES string of the molecule is CSCc1ccc(CNc2cccc(C)c2C)o1. The Morgan fingerprint density at radius 1 is 1.11 bits per heavy atom. The van der Waals surface area contributed by atoms with Gasteiger partial charge in [0.1, 0.15) is 11.5 Å². The summed E-state index contributed by atoms with van der Waals surface area (Å²) in [7, 11) is 0. The lowest BCUT2D eigenvalue weighted by Gasteiger charge is -2.10. The molecule has 1 heterocycles. The number of hydrogen-bond donors (Lipinski definition) is 1. The lowest BCUT2D eigenvalue weighted by Crippen LogP contribution is -2.00. The number of hydrogen-bond acceptors (Lipinski definition) is 3. The highest BCUT2D eigenvalue weighted by molar-refractivity contribution is 7.97. The maximum atomic E-state index is 5.73. The molecule has 2 aromatic rings. The average molecular weight is 261 g/mol. The van der Waals surface area contributed by atoms with Crippen LogP contribution in [0.3, 0.4) is 0 Å². The first kappa shape index (κ1) is 13.1. The third kappa shape index (κ3) is 3.10. The third-order valence-electron chi connectivity index (χ3n) is 3.06. The zero-order valence-corrected chi connectivity index (χ0v) is 11.9. The third-order valence-corrected chi connectivity index (χ3v) is 3.63. The molecular weight excluding hydrogens is 242 g/mol. The van der Waals surface area contributed by atoms with Crippen LogP contribution in [0.1, 0.15) is 22.6 Å². The standard InChI is InChI=1S/C15H19NOS/c1-11-5-4-6-15(12(11)2)16-9-13-7-8-14(17-13)10-18-3/h4-8,16H,9-10H2,1-3H3. The zero-order chi connectivity index (χ0) is 13.0. The van der Waals surface area contributed by atoms with Crippen molar-refractivity contribution in [2.45, 2.75) is 26.1 Å². The van der Waals surface area contributed by atoms with Gasteiger partial charge in [0.25, 0.3) is 0 Å². The Balaban J connectivity index is 2.00. The van der Waals surface area contributed by atoms with Crippen LogP contribution in [-0.2, 0) is 12.3 Å². The summed E-state index contributed by atoms with van der Waals surface area (Å²) in [6.07, 6.45) is 2.08. The molecule has 2 nitrogen and oxygen atoms in total. The molecule has 0 spiro atoms. The lowest BCUT2D eigenvalue weighted by molar-refractivity contribution is 0.487. The maximum absolute atomic E-state index is 5.73. The van der Waals surface area contributed by atoms with E-state index in [9.17, 15) is 0 Å². The average Bonchev–Trinajstić information content (AvgIpc) is 2.79. The van der Waals surface area contributed by atoms with E-state index in [1.807, 2.05) is 6.07 Å². The fourth-order valence-corrected chi connectivity index (χ4v) is 2.30. The quantitative estimate of drug-likeness (QED) is 0.865. The number of furan rings is 1. The smallest absolute Gasteiger partial charge is 0.123 e. The minimum absolute atomic E-state index is 0.735. The van der Waals surface area contributed by atoms with E-state index in [2.05, 4.69) is 49.7 Å². The molecule has 18 heavy (non-hydrogen) atoms. The molecular formula is C15H19NOS. The molecule has 0 atom stereocenters. The Kier molecular flexibility index (Phi) is 4.37. The predicted octanol–water partition coefficient (Wildman–Crippen LogP) is 4.37. The first-order valence-electron chi connectivity index (χ1n) is 6.07. The Hall–Kier alpha value is -1.35. The zero-order valence-electron chi connectivity index (χ0n) is 11.1. The highest BCUT2D eigenvalue weighted by atomic mass is 32.2. The van der Waals surface area contributed by atoms with Gasteiger partial charge in [-0.2, -0.15) is 11.8 Å². The van der Waals surface area contributed by atoms with Gasteiger partial charge >= 0.3 is 0 Å². The van der Waals surface area contributed by atoms with Crippen molar-refractivity contribution in [1.82, 2.24) is 0 Å². The molecule has 0 fully saturated rings. The number of nitrogens with one attached hydrogen (secondary N) is 1. The van der Waals surface area contributed by atoms with Crippen molar-refractivity contribution in [3.63, 3.8) is 0 Å². The molecule has 2 rings (SSSR count). The van der Waals surface area contributed by atoms with Crippen LogP contribution >= 0.6 is 11.8 Å². The van der Waals surface area contributed by atoms with Crippen molar-refractivity contribution < 1.29 is 4.42 Å². The van der Waals surface area contributed by atoms with Crippen LogP contribution < -0.4 is 5.32 Å². The van der Waals surface area contributed by atoms with Crippen molar-refractivity contribution >= 4 is 17.4 Å². The van der Waals surface area contributed by atoms with E-state index in [0.29, 0.717) is 0 Å². The van der Waals surface area contributed by atoms with Gasteiger partial charge in [-0.15, -0.1) is 0 Å². The van der Waals surface area contributed by atoms with Crippen LogP contribution in [0.2, 0.25) is 0 Å². The van der Waals surface area contributed by atoms with Crippen molar-refractivity contribution in [2.24, 2.45) is 0 Å². The van der Waals surface area contributed by atoms with Crippen LogP contribution in [0, 0.1) is 13.8 Å². The molecule has 1 aromatic heterocycles. The van der Waals surface area contributed by atoms with Gasteiger partial charge in [-0.3, -0.25) is 0 Å². The van der Waals surface area contributed by atoms with Crippen LogP contribution in [-0.4, -0.2) is 6.26 Å². The molecule has 0 saturated carbocycles. The molecule has 0 bridgehead atoms. The van der Waals surface area contributed by atoms with Crippen molar-refractivity contribution in [1.29, 1.82) is 0 Å². The van der Waals surface area contributed by atoms with Gasteiger partial charge < -0.3 is 9.73 Å². The molecule has 0 amide bonds. The second kappa shape index (κ2) is 6.01. The molecule has 0 aliphatic carbocycles. The summed E-state index contributed by atoms with van der Waals surface area (Å²) in [5.41, 5.74) is 3.79. The molecule has 1 N–H and O–H groups in total. The number of benzene rings is 1. The van der Waals surface area contributed by atoms with Crippen LogP contribution in [0.15, 0.2) is 34.7 Å². The number of thioether (sulfide) groups is 1. The highest BCUT2D eigenvalue weighted by Gasteiger charge is 2.03. The molecule has 0 radical (unpaired) electrons. The largest absolute Gasteiger partial charge is 0.463 e. The topological polar surface area (TPSA) is 25.2 Å². The van der Waals surface area contributed by atoms with E-state index in [1.54, 1.807) is 11.8 Å². The summed E-state index contributed by atoms with van der Waals surface area (Å²) in [5, 5.41) is 3.42. The Bertz CT molecular complexity index is 519. The van der Waals surface area contributed by atoms with Crippen LogP contribution in [0.4, 0.5) is 5.69 Å². The summed E-state index contributed by atoms with van der Waals surface area (Å²) in [5.74, 6) is 2.96. The predicted molar refractivity (Wildman–Crippen MR) is 79.2 cm³/mol. The van der Waals surface area contributed by atoms with E-state index < -0.39 is 0 Å². The molecule has 96 valence electrons. The molecule has 3 heteroatoms. The summed E-state index contributed by atoms with van der Waals surface area (Å²) in [6, 6.07) is 10.4. The second-order valence-corrected chi connectivity index (χ2v) is 5.27. The van der Waals surface area contributed by atoms with E-state index in [1.165, 1.54) is 16.8 Å². The van der Waals surface area contributed by atoms with Gasteiger partial charge in [0.05, 0.1) is 12.3 Å².